The van der Waals surface area contributed by atoms with Crippen LogP contribution >= 0.6 is 0 Å². The number of benzene rings is 8. The van der Waals surface area contributed by atoms with E-state index in [1.54, 1.807) is 0 Å². The van der Waals surface area contributed by atoms with E-state index in [0.29, 0.717) is 5.82 Å². The SMILES string of the molecule is CC1(C)c2cc3ccccc3cc2-c2c(-c3ccc(-c4ccc5ccccc5c4-c4cc(-c5ccccc5)nc(-c5ccccc5)n4)cc3)cccc21. The van der Waals surface area contributed by atoms with Crippen LogP contribution in [0.15, 0.2) is 182 Å². The van der Waals surface area contributed by atoms with Gasteiger partial charge in [-0.2, -0.15) is 0 Å². The van der Waals surface area contributed by atoms with Gasteiger partial charge in [-0.3, -0.25) is 0 Å². The second kappa shape index (κ2) is 12.3. The van der Waals surface area contributed by atoms with Crippen molar-refractivity contribution in [2.24, 2.45) is 0 Å². The molecule has 1 aromatic heterocycles. The average Bonchev–Trinajstić information content (AvgIpc) is 3.45. The lowest BCUT2D eigenvalue weighted by molar-refractivity contribution is 0.661. The van der Waals surface area contributed by atoms with E-state index in [1.807, 2.05) is 24.3 Å². The normalized spacial score (nSPS) is 12.9. The number of fused-ring (bicyclic) bond motifs is 5. The molecule has 0 radical (unpaired) electrons. The first kappa shape index (κ1) is 31.1. The standard InChI is InChI=1S/C51H36N2/c1-51(2)44-23-13-22-40(48(44)43-30-38-19-9-10-20-39(38)31-45(43)51)34-24-26-35(27-25-34)42-29-28-33-14-11-12-21-41(33)49(42)47-32-46(36-15-5-3-6-16-36)52-50(53-47)37-17-7-4-8-18-37/h3-32H,1-2H3. The molecule has 9 aromatic rings. The Morgan fingerprint density at radius 3 is 1.66 bits per heavy atom. The zero-order valence-electron chi connectivity index (χ0n) is 29.7. The molecule has 8 aromatic carbocycles. The van der Waals surface area contributed by atoms with Gasteiger partial charge in [-0.05, 0) is 84.3 Å². The first-order valence-electron chi connectivity index (χ1n) is 18.3. The average molecular weight is 677 g/mol. The van der Waals surface area contributed by atoms with Gasteiger partial charge in [0.1, 0.15) is 0 Å². The van der Waals surface area contributed by atoms with E-state index in [2.05, 4.69) is 172 Å². The molecule has 0 atom stereocenters. The maximum Gasteiger partial charge on any atom is 0.160 e. The molecule has 0 bridgehead atoms. The number of hydrogen-bond acceptors (Lipinski definition) is 2. The van der Waals surface area contributed by atoms with E-state index in [0.717, 1.165) is 44.6 Å². The van der Waals surface area contributed by atoms with Gasteiger partial charge in [0.15, 0.2) is 5.82 Å². The fraction of sp³-hybridized carbons (Fsp3) is 0.0588. The van der Waals surface area contributed by atoms with Crippen molar-refractivity contribution in [3.05, 3.63) is 193 Å². The molecular weight excluding hydrogens is 641 g/mol. The number of rotatable bonds is 5. The summed E-state index contributed by atoms with van der Waals surface area (Å²) in [5.41, 5.74) is 15.1. The molecule has 0 N–H and O–H groups in total. The lowest BCUT2D eigenvalue weighted by Gasteiger charge is -2.22. The summed E-state index contributed by atoms with van der Waals surface area (Å²) in [7, 11) is 0. The summed E-state index contributed by atoms with van der Waals surface area (Å²) < 4.78 is 0. The fourth-order valence-corrected chi connectivity index (χ4v) is 8.38. The highest BCUT2D eigenvalue weighted by Crippen LogP contribution is 2.53. The zero-order valence-corrected chi connectivity index (χ0v) is 29.7. The van der Waals surface area contributed by atoms with Crippen LogP contribution in [0.5, 0.6) is 0 Å². The molecule has 1 aliphatic rings. The van der Waals surface area contributed by atoms with Crippen molar-refractivity contribution >= 4 is 21.5 Å². The van der Waals surface area contributed by atoms with Crippen LogP contribution in [0, 0.1) is 0 Å². The van der Waals surface area contributed by atoms with Gasteiger partial charge in [-0.1, -0.05) is 178 Å². The van der Waals surface area contributed by atoms with E-state index >= 15 is 0 Å². The van der Waals surface area contributed by atoms with Crippen molar-refractivity contribution in [1.82, 2.24) is 9.97 Å². The van der Waals surface area contributed by atoms with Gasteiger partial charge in [-0.15, -0.1) is 0 Å². The maximum absolute atomic E-state index is 5.29. The number of nitrogens with zero attached hydrogens (tertiary/aromatic N) is 2. The van der Waals surface area contributed by atoms with Gasteiger partial charge in [0.2, 0.25) is 0 Å². The highest BCUT2D eigenvalue weighted by molar-refractivity contribution is 6.04. The Labute approximate surface area is 310 Å². The Morgan fingerprint density at radius 2 is 0.943 bits per heavy atom. The Bertz CT molecular complexity index is 2780. The van der Waals surface area contributed by atoms with Gasteiger partial charge in [0.25, 0.3) is 0 Å². The molecule has 250 valence electrons. The van der Waals surface area contributed by atoms with Crippen molar-refractivity contribution in [3.63, 3.8) is 0 Å². The van der Waals surface area contributed by atoms with Crippen molar-refractivity contribution < 1.29 is 0 Å². The number of aromatic nitrogens is 2. The summed E-state index contributed by atoms with van der Waals surface area (Å²) >= 11 is 0. The molecule has 0 saturated carbocycles. The van der Waals surface area contributed by atoms with Gasteiger partial charge < -0.3 is 0 Å². The lowest BCUT2D eigenvalue weighted by atomic mass is 9.81. The molecule has 0 aliphatic heterocycles. The van der Waals surface area contributed by atoms with Gasteiger partial charge >= 0.3 is 0 Å². The molecular formula is C51H36N2. The largest absolute Gasteiger partial charge is 0.228 e. The minimum Gasteiger partial charge on any atom is -0.228 e. The van der Waals surface area contributed by atoms with Crippen LogP contribution < -0.4 is 0 Å². The monoisotopic (exact) mass is 676 g/mol. The minimum atomic E-state index is -0.0839. The molecule has 53 heavy (non-hydrogen) atoms. The molecule has 0 amide bonds. The molecule has 1 aliphatic carbocycles. The van der Waals surface area contributed by atoms with E-state index in [9.17, 15) is 0 Å². The summed E-state index contributed by atoms with van der Waals surface area (Å²) in [6.07, 6.45) is 0. The quantitative estimate of drug-likeness (QED) is 0.181. The predicted molar refractivity (Wildman–Crippen MR) is 222 cm³/mol. The Balaban J connectivity index is 1.14. The van der Waals surface area contributed by atoms with Crippen molar-refractivity contribution in [3.8, 4) is 67.3 Å². The molecule has 2 heteroatoms. The lowest BCUT2D eigenvalue weighted by Crippen LogP contribution is -2.14. The van der Waals surface area contributed by atoms with Gasteiger partial charge in [-0.25, -0.2) is 9.97 Å². The zero-order chi connectivity index (χ0) is 35.5. The van der Waals surface area contributed by atoms with Crippen LogP contribution in [0.3, 0.4) is 0 Å². The highest BCUT2D eigenvalue weighted by Gasteiger charge is 2.37. The topological polar surface area (TPSA) is 25.8 Å². The summed E-state index contributed by atoms with van der Waals surface area (Å²) in [6, 6.07) is 65.4. The maximum atomic E-state index is 5.29. The van der Waals surface area contributed by atoms with E-state index in [1.165, 1.54) is 49.5 Å². The van der Waals surface area contributed by atoms with Crippen LogP contribution in [0.25, 0.3) is 88.8 Å². The highest BCUT2D eigenvalue weighted by atomic mass is 14.9. The van der Waals surface area contributed by atoms with E-state index < -0.39 is 0 Å². The third kappa shape index (κ3) is 5.18. The van der Waals surface area contributed by atoms with Crippen LogP contribution in [0.1, 0.15) is 25.0 Å². The summed E-state index contributed by atoms with van der Waals surface area (Å²) in [5, 5.41) is 4.91. The van der Waals surface area contributed by atoms with Crippen LogP contribution in [0.2, 0.25) is 0 Å². The van der Waals surface area contributed by atoms with Crippen LogP contribution in [-0.2, 0) is 5.41 Å². The summed E-state index contributed by atoms with van der Waals surface area (Å²) in [4.78, 5) is 10.4. The Hall–Kier alpha value is -6.64. The number of hydrogen-bond donors (Lipinski definition) is 0. The molecule has 0 fully saturated rings. The van der Waals surface area contributed by atoms with Crippen LogP contribution in [0.4, 0.5) is 0 Å². The Morgan fingerprint density at radius 1 is 0.358 bits per heavy atom. The third-order valence-corrected chi connectivity index (χ3v) is 11.1. The summed E-state index contributed by atoms with van der Waals surface area (Å²) in [6.45, 7) is 4.72. The van der Waals surface area contributed by atoms with Crippen molar-refractivity contribution in [2.75, 3.05) is 0 Å². The van der Waals surface area contributed by atoms with Crippen molar-refractivity contribution in [1.29, 1.82) is 0 Å². The smallest absolute Gasteiger partial charge is 0.160 e. The van der Waals surface area contributed by atoms with Gasteiger partial charge in [0.05, 0.1) is 11.4 Å². The minimum absolute atomic E-state index is 0.0839. The molecule has 2 nitrogen and oxygen atoms in total. The van der Waals surface area contributed by atoms with Crippen molar-refractivity contribution in [2.45, 2.75) is 19.3 Å². The van der Waals surface area contributed by atoms with E-state index in [-0.39, 0.29) is 5.41 Å². The third-order valence-electron chi connectivity index (χ3n) is 11.1. The predicted octanol–water partition coefficient (Wildman–Crippen LogP) is 13.4. The fourth-order valence-electron chi connectivity index (χ4n) is 8.38. The molecule has 10 rings (SSSR count). The Kier molecular flexibility index (Phi) is 7.19. The second-order valence-corrected chi connectivity index (χ2v) is 14.6. The second-order valence-electron chi connectivity index (χ2n) is 14.6. The molecule has 1 heterocycles. The first-order chi connectivity index (χ1) is 26.0. The first-order valence-corrected chi connectivity index (χ1v) is 18.3. The summed E-state index contributed by atoms with van der Waals surface area (Å²) in [5.74, 6) is 0.713. The molecule has 0 unspecified atom stereocenters. The van der Waals surface area contributed by atoms with Gasteiger partial charge in [0, 0.05) is 22.1 Å². The van der Waals surface area contributed by atoms with E-state index in [4.69, 9.17) is 9.97 Å². The molecule has 0 saturated heterocycles. The molecule has 0 spiro atoms. The van der Waals surface area contributed by atoms with Crippen LogP contribution in [-0.4, -0.2) is 9.97 Å².